The summed E-state index contributed by atoms with van der Waals surface area (Å²) in [5.41, 5.74) is 0. The van der Waals surface area contributed by atoms with Gasteiger partial charge in [-0.3, -0.25) is 0 Å². The van der Waals surface area contributed by atoms with Crippen molar-refractivity contribution in [3.05, 3.63) is 0 Å². The van der Waals surface area contributed by atoms with E-state index in [1.165, 1.54) is 0 Å². The predicted octanol–water partition coefficient (Wildman–Crippen LogP) is -6.99. The summed E-state index contributed by atoms with van der Waals surface area (Å²) in [6.07, 6.45) is -17.6. The summed E-state index contributed by atoms with van der Waals surface area (Å²) < 4.78 is 27.1. The molecule has 0 aromatic heterocycles. The normalized spacial score (nSPS) is 48.2. The number of aliphatic hydroxyl groups excluding tert-OH is 11. The fourth-order valence-corrected chi connectivity index (χ4v) is 4.96. The number of hydrogen-bond donors (Lipinski definition) is 11. The molecule has 0 radical (unpaired) electrons. The summed E-state index contributed by atoms with van der Waals surface area (Å²) in [6.45, 7) is -2.83. The van der Waals surface area contributed by atoms with Crippen LogP contribution >= 0.6 is 0 Å². The van der Waals surface area contributed by atoms with Crippen molar-refractivity contribution in [1.82, 2.24) is 0 Å². The molecule has 0 saturated carbocycles. The first-order valence-corrected chi connectivity index (χ1v) is 12.4. The molecule has 3 aliphatic rings. The minimum absolute atomic E-state index is 0.254. The summed E-state index contributed by atoms with van der Waals surface area (Å²) >= 11 is 0. The molecular weight excluding hydrogens is 520 g/mol. The van der Waals surface area contributed by atoms with Gasteiger partial charge >= 0.3 is 0 Å². The highest BCUT2D eigenvalue weighted by Gasteiger charge is 2.47. The lowest BCUT2D eigenvalue weighted by molar-refractivity contribution is -0.282. The maximum absolute atomic E-state index is 10.7. The summed E-state index contributed by atoms with van der Waals surface area (Å²) in [5.74, 6) is -1.83. The Morgan fingerprint density at radius 3 is 1.29 bits per heavy atom. The van der Waals surface area contributed by atoms with E-state index in [0.29, 0.717) is 0 Å². The van der Waals surface area contributed by atoms with Crippen molar-refractivity contribution in [2.24, 2.45) is 11.8 Å². The highest BCUT2D eigenvalue weighted by Crippen LogP contribution is 2.29. The molecule has 0 bridgehead atoms. The summed E-state index contributed by atoms with van der Waals surface area (Å²) in [7, 11) is 0. The second-order valence-corrected chi connectivity index (χ2v) is 9.88. The molecule has 6 unspecified atom stereocenters. The lowest BCUT2D eigenvalue weighted by Gasteiger charge is -2.43. The van der Waals surface area contributed by atoms with Gasteiger partial charge in [0.15, 0.2) is 6.29 Å². The zero-order chi connectivity index (χ0) is 28.1. The molecule has 0 spiro atoms. The first kappa shape index (κ1) is 31.9. The van der Waals surface area contributed by atoms with Crippen LogP contribution in [0, 0.1) is 11.8 Å². The number of hydrogen-bond acceptors (Lipinski definition) is 16. The fourth-order valence-electron chi connectivity index (χ4n) is 4.96. The Labute approximate surface area is 218 Å². The Balaban J connectivity index is 1.50. The standard InChI is InChI=1S/C22H40O16/c23-1-10-8(4-34-7-14-19(30)20(31)17(28)12(3-25)37-14)15(26)18(29)13(36-10)6-35-5-9-11(2-24)38-22(33)21(32)16(9)27/h8-33H,1-7H2/t8-,9-,10?,11?,12?,13?,14?,15-,16-,17-,18-,19-,20-,21+,22?/m1/s1. The molecule has 3 aliphatic heterocycles. The van der Waals surface area contributed by atoms with Crippen molar-refractivity contribution < 1.29 is 79.9 Å². The van der Waals surface area contributed by atoms with Crippen LogP contribution in [0.4, 0.5) is 0 Å². The van der Waals surface area contributed by atoms with Gasteiger partial charge in [-0.2, -0.15) is 0 Å². The van der Waals surface area contributed by atoms with Crippen molar-refractivity contribution in [2.75, 3.05) is 46.2 Å². The van der Waals surface area contributed by atoms with E-state index in [4.69, 9.17) is 23.7 Å². The van der Waals surface area contributed by atoms with E-state index in [0.717, 1.165) is 0 Å². The van der Waals surface area contributed by atoms with E-state index in [1.807, 2.05) is 0 Å². The largest absolute Gasteiger partial charge is 0.394 e. The molecule has 3 rings (SSSR count). The van der Waals surface area contributed by atoms with Gasteiger partial charge in [-0.05, 0) is 0 Å². The molecule has 0 aliphatic carbocycles. The SMILES string of the molecule is OCC1OC(COC[C@@H]2C(CO)OC(COC[C@@H]3C(CO)OC(O)[C@@H](O)[C@@H]3O)[C@@H](O)[C@@H]2O)[C@@H](O)[C@H](O)[C@@H]1O. The van der Waals surface area contributed by atoms with Gasteiger partial charge in [-0.1, -0.05) is 0 Å². The second-order valence-electron chi connectivity index (χ2n) is 9.88. The molecular formula is C22H40O16. The van der Waals surface area contributed by atoms with Crippen LogP contribution in [0.15, 0.2) is 0 Å². The molecule has 3 saturated heterocycles. The molecule has 16 heteroatoms. The van der Waals surface area contributed by atoms with Gasteiger partial charge in [-0.15, -0.1) is 0 Å². The molecule has 15 atom stereocenters. The van der Waals surface area contributed by atoms with E-state index in [1.54, 1.807) is 0 Å². The Bertz CT molecular complexity index is 696. The lowest BCUT2D eigenvalue weighted by Crippen LogP contribution is -2.60. The second kappa shape index (κ2) is 14.3. The molecule has 3 fully saturated rings. The van der Waals surface area contributed by atoms with Crippen LogP contribution in [0.5, 0.6) is 0 Å². The first-order valence-electron chi connectivity index (χ1n) is 12.4. The maximum Gasteiger partial charge on any atom is 0.183 e. The van der Waals surface area contributed by atoms with Gasteiger partial charge in [0.1, 0.15) is 48.8 Å². The van der Waals surface area contributed by atoms with Crippen LogP contribution in [-0.2, 0) is 23.7 Å². The van der Waals surface area contributed by atoms with Crippen molar-refractivity contribution in [2.45, 2.75) is 79.5 Å². The monoisotopic (exact) mass is 560 g/mol. The van der Waals surface area contributed by atoms with E-state index >= 15 is 0 Å². The highest BCUT2D eigenvalue weighted by molar-refractivity contribution is 4.94. The van der Waals surface area contributed by atoms with Crippen LogP contribution in [0.25, 0.3) is 0 Å². The molecule has 0 amide bonds. The van der Waals surface area contributed by atoms with Gasteiger partial charge < -0.3 is 79.9 Å². The number of ether oxygens (including phenoxy) is 5. The minimum Gasteiger partial charge on any atom is -0.394 e. The third-order valence-electron chi connectivity index (χ3n) is 7.41. The zero-order valence-electron chi connectivity index (χ0n) is 20.6. The Hall–Kier alpha value is -0.640. The van der Waals surface area contributed by atoms with Gasteiger partial charge in [0.2, 0.25) is 0 Å². The Morgan fingerprint density at radius 2 is 0.789 bits per heavy atom. The smallest absolute Gasteiger partial charge is 0.183 e. The predicted molar refractivity (Wildman–Crippen MR) is 120 cm³/mol. The maximum atomic E-state index is 10.7. The Morgan fingerprint density at radius 1 is 0.395 bits per heavy atom. The number of rotatable bonds is 11. The molecule has 3 heterocycles. The number of aliphatic hydroxyl groups is 11. The van der Waals surface area contributed by atoms with Crippen molar-refractivity contribution in [3.8, 4) is 0 Å². The van der Waals surface area contributed by atoms with Crippen molar-refractivity contribution in [3.63, 3.8) is 0 Å². The minimum atomic E-state index is -1.68. The molecule has 16 nitrogen and oxygen atoms in total. The van der Waals surface area contributed by atoms with E-state index in [9.17, 15) is 56.2 Å². The quantitative estimate of drug-likeness (QED) is 0.112. The van der Waals surface area contributed by atoms with Crippen molar-refractivity contribution in [1.29, 1.82) is 0 Å². The zero-order valence-corrected chi connectivity index (χ0v) is 20.6. The first-order chi connectivity index (χ1) is 18.0. The fraction of sp³-hybridized carbons (Fsp3) is 1.00. The molecule has 38 heavy (non-hydrogen) atoms. The third-order valence-corrected chi connectivity index (χ3v) is 7.41. The third kappa shape index (κ3) is 6.98. The topological polar surface area (TPSA) is 269 Å². The van der Waals surface area contributed by atoms with Crippen LogP contribution in [0.1, 0.15) is 0 Å². The van der Waals surface area contributed by atoms with Gasteiger partial charge in [0.25, 0.3) is 0 Å². The molecule has 224 valence electrons. The van der Waals surface area contributed by atoms with Gasteiger partial charge in [0.05, 0.1) is 70.7 Å². The summed E-state index contributed by atoms with van der Waals surface area (Å²) in [5, 5.41) is 109. The average molecular weight is 561 g/mol. The summed E-state index contributed by atoms with van der Waals surface area (Å²) in [4.78, 5) is 0. The van der Waals surface area contributed by atoms with Crippen molar-refractivity contribution >= 4 is 0 Å². The van der Waals surface area contributed by atoms with Crippen LogP contribution in [-0.4, -0.2) is 182 Å². The molecule has 0 aromatic rings. The van der Waals surface area contributed by atoms with Crippen LogP contribution in [0.3, 0.4) is 0 Å². The van der Waals surface area contributed by atoms with Crippen LogP contribution < -0.4 is 0 Å². The molecule has 0 aromatic carbocycles. The average Bonchev–Trinajstić information content (AvgIpc) is 2.91. The summed E-state index contributed by atoms with van der Waals surface area (Å²) in [6, 6.07) is 0. The highest BCUT2D eigenvalue weighted by atomic mass is 16.6. The Kier molecular flexibility index (Phi) is 12.0. The van der Waals surface area contributed by atoms with E-state index in [2.05, 4.69) is 0 Å². The van der Waals surface area contributed by atoms with E-state index in [-0.39, 0.29) is 26.4 Å². The molecule has 11 N–H and O–H groups in total. The van der Waals surface area contributed by atoms with Crippen LogP contribution in [0.2, 0.25) is 0 Å². The lowest BCUT2D eigenvalue weighted by atomic mass is 9.87. The van der Waals surface area contributed by atoms with Gasteiger partial charge in [-0.25, -0.2) is 0 Å². The van der Waals surface area contributed by atoms with Gasteiger partial charge in [0, 0.05) is 11.8 Å². The van der Waals surface area contributed by atoms with E-state index < -0.39 is 111 Å².